The van der Waals surface area contributed by atoms with Crippen LogP contribution in [-0.2, 0) is 6.61 Å². The van der Waals surface area contributed by atoms with Crippen LogP contribution in [0.25, 0.3) is 16.5 Å². The van der Waals surface area contributed by atoms with Crippen LogP contribution >= 0.6 is 0 Å². The highest BCUT2D eigenvalue weighted by molar-refractivity contribution is 5.50. The molecule has 5 heteroatoms. The Morgan fingerprint density at radius 3 is 2.93 bits per heavy atom. The molecule has 0 heterocycles. The Kier molecular flexibility index (Phi) is 4.34. The summed E-state index contributed by atoms with van der Waals surface area (Å²) >= 11 is 0. The molecular formula is C10H10FN3O. The highest BCUT2D eigenvalue weighted by Crippen LogP contribution is 2.12. The Balaban J connectivity index is 2.77. The Bertz CT molecular complexity index is 411. The molecule has 0 atom stereocenters. The van der Waals surface area contributed by atoms with Crippen molar-refractivity contribution in [3.63, 3.8) is 0 Å². The molecule has 78 valence electrons. The van der Waals surface area contributed by atoms with Gasteiger partial charge in [-0.05, 0) is 17.2 Å². The van der Waals surface area contributed by atoms with Crippen molar-refractivity contribution in [2.75, 3.05) is 6.54 Å². The van der Waals surface area contributed by atoms with Gasteiger partial charge in [0, 0.05) is 17.0 Å². The van der Waals surface area contributed by atoms with Crippen LogP contribution in [0.2, 0.25) is 0 Å². The third-order valence-electron chi connectivity index (χ3n) is 1.80. The second-order valence-corrected chi connectivity index (χ2v) is 2.83. The van der Waals surface area contributed by atoms with E-state index in [-0.39, 0.29) is 13.2 Å². The molecule has 0 aliphatic rings. The minimum absolute atomic E-state index is 0.181. The normalized spacial score (nSPS) is 10.3. The molecule has 0 amide bonds. The van der Waals surface area contributed by atoms with Gasteiger partial charge >= 0.3 is 0 Å². The van der Waals surface area contributed by atoms with E-state index in [1.165, 1.54) is 12.1 Å². The van der Waals surface area contributed by atoms with E-state index in [0.717, 1.165) is 0 Å². The van der Waals surface area contributed by atoms with Crippen LogP contribution in [0.5, 0.6) is 0 Å². The van der Waals surface area contributed by atoms with E-state index in [2.05, 4.69) is 10.0 Å². The van der Waals surface area contributed by atoms with Crippen molar-refractivity contribution in [3.05, 3.63) is 51.7 Å². The monoisotopic (exact) mass is 207 g/mol. The van der Waals surface area contributed by atoms with Crippen molar-refractivity contribution >= 4 is 6.08 Å². The lowest BCUT2D eigenvalue weighted by Crippen LogP contribution is -1.88. The molecule has 4 nitrogen and oxygen atoms in total. The highest BCUT2D eigenvalue weighted by atomic mass is 19.1. The molecule has 0 radical (unpaired) electrons. The summed E-state index contributed by atoms with van der Waals surface area (Å²) in [6.45, 7) is 0.0112. The summed E-state index contributed by atoms with van der Waals surface area (Å²) in [5, 5.41) is 12.0. The zero-order valence-electron chi connectivity index (χ0n) is 7.97. The van der Waals surface area contributed by atoms with Crippen LogP contribution in [0.3, 0.4) is 0 Å². The predicted molar refractivity (Wildman–Crippen MR) is 55.4 cm³/mol. The number of rotatable bonds is 4. The van der Waals surface area contributed by atoms with Crippen LogP contribution in [-0.4, -0.2) is 11.7 Å². The maximum absolute atomic E-state index is 13.3. The summed E-state index contributed by atoms with van der Waals surface area (Å²) in [7, 11) is 0. The topological polar surface area (TPSA) is 69.0 Å². The number of aliphatic hydroxyl groups excluding tert-OH is 1. The molecule has 0 saturated heterocycles. The molecule has 0 saturated carbocycles. The summed E-state index contributed by atoms with van der Waals surface area (Å²) in [6.07, 6.45) is 3.10. The van der Waals surface area contributed by atoms with Gasteiger partial charge in [0.2, 0.25) is 0 Å². The first kappa shape index (κ1) is 11.2. The summed E-state index contributed by atoms with van der Waals surface area (Å²) in [4.78, 5) is 2.56. The number of hydrogen-bond donors (Lipinski definition) is 1. The van der Waals surface area contributed by atoms with E-state index in [0.29, 0.717) is 11.1 Å². The molecule has 0 spiro atoms. The first-order valence-corrected chi connectivity index (χ1v) is 4.34. The lowest BCUT2D eigenvalue weighted by molar-refractivity contribution is 0.281. The second-order valence-electron chi connectivity index (χ2n) is 2.83. The van der Waals surface area contributed by atoms with Gasteiger partial charge in [-0.3, -0.25) is 0 Å². The van der Waals surface area contributed by atoms with E-state index < -0.39 is 5.82 Å². The molecule has 15 heavy (non-hydrogen) atoms. The molecule has 0 aromatic heterocycles. The van der Waals surface area contributed by atoms with Crippen molar-refractivity contribution < 1.29 is 9.50 Å². The Labute approximate surface area is 86.3 Å². The van der Waals surface area contributed by atoms with Gasteiger partial charge < -0.3 is 5.11 Å². The minimum atomic E-state index is -0.404. The minimum Gasteiger partial charge on any atom is -0.392 e. The molecule has 1 rings (SSSR count). The van der Waals surface area contributed by atoms with Crippen molar-refractivity contribution in [2.24, 2.45) is 5.11 Å². The molecule has 0 bridgehead atoms. The van der Waals surface area contributed by atoms with Gasteiger partial charge in [-0.15, -0.1) is 0 Å². The molecule has 0 unspecified atom stereocenters. The van der Waals surface area contributed by atoms with Crippen molar-refractivity contribution in [2.45, 2.75) is 6.61 Å². The number of azide groups is 1. The molecule has 1 aromatic rings. The fourth-order valence-electron chi connectivity index (χ4n) is 1.07. The van der Waals surface area contributed by atoms with E-state index in [1.807, 2.05) is 0 Å². The van der Waals surface area contributed by atoms with Gasteiger partial charge in [-0.25, -0.2) is 4.39 Å². The number of nitrogens with zero attached hydrogens (tertiary/aromatic N) is 3. The van der Waals surface area contributed by atoms with Crippen molar-refractivity contribution in [1.82, 2.24) is 0 Å². The lowest BCUT2D eigenvalue weighted by Gasteiger charge is -1.99. The summed E-state index contributed by atoms with van der Waals surface area (Å²) < 4.78 is 13.3. The predicted octanol–water partition coefficient (Wildman–Crippen LogP) is 2.64. The Hall–Kier alpha value is -1.84. The van der Waals surface area contributed by atoms with E-state index >= 15 is 0 Å². The van der Waals surface area contributed by atoms with Gasteiger partial charge in [0.15, 0.2) is 0 Å². The highest BCUT2D eigenvalue weighted by Gasteiger charge is 1.99. The Morgan fingerprint density at radius 1 is 1.53 bits per heavy atom. The summed E-state index contributed by atoms with van der Waals surface area (Å²) in [5.41, 5.74) is 8.94. The van der Waals surface area contributed by atoms with Crippen LogP contribution in [0.15, 0.2) is 29.4 Å². The van der Waals surface area contributed by atoms with Crippen LogP contribution in [0.4, 0.5) is 4.39 Å². The maximum Gasteiger partial charge on any atom is 0.130 e. The van der Waals surface area contributed by atoms with Crippen LogP contribution < -0.4 is 0 Å². The van der Waals surface area contributed by atoms with E-state index in [9.17, 15) is 4.39 Å². The molecule has 1 aromatic carbocycles. The third-order valence-corrected chi connectivity index (χ3v) is 1.80. The number of halogens is 1. The standard InChI is InChI=1S/C10H10FN3O/c11-10-6-8(7-15)3-4-9(10)2-1-5-13-14-12/h1-4,6,15H,5,7H2. The third kappa shape index (κ3) is 3.42. The SMILES string of the molecule is [N-]=[N+]=NCC=Cc1ccc(CO)cc1F. The average Bonchev–Trinajstić information content (AvgIpc) is 2.26. The smallest absolute Gasteiger partial charge is 0.130 e. The second kappa shape index (κ2) is 5.80. The fourth-order valence-corrected chi connectivity index (χ4v) is 1.07. The van der Waals surface area contributed by atoms with Gasteiger partial charge in [0.05, 0.1) is 6.61 Å². The van der Waals surface area contributed by atoms with Crippen LogP contribution in [0, 0.1) is 5.82 Å². The number of hydrogen-bond acceptors (Lipinski definition) is 2. The fraction of sp³-hybridized carbons (Fsp3) is 0.200. The van der Waals surface area contributed by atoms with Gasteiger partial charge in [0.25, 0.3) is 0 Å². The first-order valence-electron chi connectivity index (χ1n) is 4.34. The van der Waals surface area contributed by atoms with E-state index in [1.54, 1.807) is 18.2 Å². The zero-order valence-corrected chi connectivity index (χ0v) is 7.97. The summed E-state index contributed by atoms with van der Waals surface area (Å²) in [5.74, 6) is -0.404. The lowest BCUT2D eigenvalue weighted by atomic mass is 10.1. The van der Waals surface area contributed by atoms with Crippen LogP contribution in [0.1, 0.15) is 11.1 Å². The maximum atomic E-state index is 13.3. The number of aliphatic hydroxyl groups is 1. The van der Waals surface area contributed by atoms with Crippen molar-refractivity contribution in [1.29, 1.82) is 0 Å². The van der Waals surface area contributed by atoms with Gasteiger partial charge in [-0.2, -0.15) is 0 Å². The molecular weight excluding hydrogens is 197 g/mol. The van der Waals surface area contributed by atoms with Gasteiger partial charge in [0.1, 0.15) is 5.82 Å². The Morgan fingerprint density at radius 2 is 2.33 bits per heavy atom. The molecule has 0 fully saturated rings. The van der Waals surface area contributed by atoms with Gasteiger partial charge in [-0.1, -0.05) is 29.4 Å². The average molecular weight is 207 g/mol. The summed E-state index contributed by atoms with van der Waals surface area (Å²) in [6, 6.07) is 4.47. The molecule has 1 N–H and O–H groups in total. The quantitative estimate of drug-likeness (QED) is 0.460. The number of benzene rings is 1. The molecule has 0 aliphatic heterocycles. The first-order chi connectivity index (χ1) is 7.27. The zero-order chi connectivity index (χ0) is 11.1. The van der Waals surface area contributed by atoms with Crippen molar-refractivity contribution in [3.8, 4) is 0 Å². The van der Waals surface area contributed by atoms with E-state index in [4.69, 9.17) is 10.6 Å². The molecule has 0 aliphatic carbocycles. The largest absolute Gasteiger partial charge is 0.392 e.